The first-order valence-electron chi connectivity index (χ1n) is 6.03. The van der Waals surface area contributed by atoms with E-state index < -0.39 is 6.04 Å². The van der Waals surface area contributed by atoms with Gasteiger partial charge in [-0.3, -0.25) is 0 Å². The monoisotopic (exact) mass is 275 g/mol. The fourth-order valence-corrected chi connectivity index (χ4v) is 1.97. The molecule has 0 saturated carbocycles. The van der Waals surface area contributed by atoms with Gasteiger partial charge >= 0.3 is 0 Å². The van der Waals surface area contributed by atoms with Crippen molar-refractivity contribution in [2.24, 2.45) is 5.73 Å². The summed E-state index contributed by atoms with van der Waals surface area (Å²) in [5.41, 5.74) is 7.65. The van der Waals surface area contributed by atoms with Crippen LogP contribution in [0, 0.1) is 0 Å². The third-order valence-electron chi connectivity index (χ3n) is 2.97. The van der Waals surface area contributed by atoms with Gasteiger partial charge < -0.3 is 19.9 Å². The number of aromatic nitrogens is 2. The number of ether oxygens (including phenoxy) is 3. The van der Waals surface area contributed by atoms with E-state index in [4.69, 9.17) is 19.9 Å². The molecule has 106 valence electrons. The van der Waals surface area contributed by atoms with Gasteiger partial charge in [-0.05, 0) is 12.1 Å². The van der Waals surface area contributed by atoms with E-state index in [-0.39, 0.29) is 0 Å². The summed E-state index contributed by atoms with van der Waals surface area (Å²) in [5.74, 6) is 1.75. The van der Waals surface area contributed by atoms with Gasteiger partial charge in [0.2, 0.25) is 5.88 Å². The highest BCUT2D eigenvalue weighted by Gasteiger charge is 2.20. The molecule has 0 aliphatic carbocycles. The Morgan fingerprint density at radius 2 is 1.65 bits per heavy atom. The molecule has 0 amide bonds. The van der Waals surface area contributed by atoms with Crippen molar-refractivity contribution in [3.05, 3.63) is 41.9 Å². The summed E-state index contributed by atoms with van der Waals surface area (Å²) >= 11 is 0. The van der Waals surface area contributed by atoms with E-state index in [2.05, 4.69) is 9.97 Å². The van der Waals surface area contributed by atoms with E-state index in [1.54, 1.807) is 27.4 Å². The predicted octanol–water partition coefficient (Wildman–Crippen LogP) is 1.55. The lowest BCUT2D eigenvalue weighted by Gasteiger charge is -2.18. The maximum atomic E-state index is 6.29. The van der Waals surface area contributed by atoms with Crippen LogP contribution >= 0.6 is 0 Å². The first kappa shape index (κ1) is 14.1. The minimum Gasteiger partial charge on any atom is -0.496 e. The summed E-state index contributed by atoms with van der Waals surface area (Å²) < 4.78 is 15.8. The minimum atomic E-state index is -0.502. The topological polar surface area (TPSA) is 79.5 Å². The summed E-state index contributed by atoms with van der Waals surface area (Å²) in [4.78, 5) is 8.15. The van der Waals surface area contributed by atoms with Gasteiger partial charge in [-0.15, -0.1) is 0 Å². The summed E-state index contributed by atoms with van der Waals surface area (Å²) in [6.45, 7) is 0. The van der Waals surface area contributed by atoms with Gasteiger partial charge in [0.1, 0.15) is 17.8 Å². The van der Waals surface area contributed by atoms with Crippen LogP contribution < -0.4 is 19.9 Å². The quantitative estimate of drug-likeness (QED) is 0.891. The lowest BCUT2D eigenvalue weighted by Crippen LogP contribution is -2.16. The maximum absolute atomic E-state index is 6.29. The van der Waals surface area contributed by atoms with E-state index in [1.807, 2.05) is 18.2 Å². The molecule has 2 N–H and O–H groups in total. The third kappa shape index (κ3) is 2.65. The standard InChI is InChI=1S/C14H17N3O3/c1-18-10-5-4-6-11(19-2)13(10)14(15)9-7-12(20-3)17-8-16-9/h4-8,14H,15H2,1-3H3. The van der Waals surface area contributed by atoms with Crippen molar-refractivity contribution in [3.63, 3.8) is 0 Å². The van der Waals surface area contributed by atoms with Crippen LogP contribution in [0.1, 0.15) is 17.3 Å². The molecule has 0 saturated heterocycles. The van der Waals surface area contributed by atoms with Crippen molar-refractivity contribution in [2.45, 2.75) is 6.04 Å². The SMILES string of the molecule is COc1cc(C(N)c2c(OC)cccc2OC)ncn1. The highest BCUT2D eigenvalue weighted by atomic mass is 16.5. The number of rotatable bonds is 5. The van der Waals surface area contributed by atoms with Gasteiger partial charge in [0, 0.05) is 6.07 Å². The molecular weight excluding hydrogens is 258 g/mol. The second kappa shape index (κ2) is 6.21. The average Bonchev–Trinajstić information content (AvgIpc) is 2.53. The van der Waals surface area contributed by atoms with Gasteiger partial charge in [0.25, 0.3) is 0 Å². The molecule has 6 nitrogen and oxygen atoms in total. The molecule has 1 unspecified atom stereocenters. The highest BCUT2D eigenvalue weighted by Crippen LogP contribution is 2.35. The highest BCUT2D eigenvalue weighted by molar-refractivity contribution is 5.49. The Labute approximate surface area is 117 Å². The molecule has 1 aromatic heterocycles. The summed E-state index contributed by atoms with van der Waals surface area (Å²) in [7, 11) is 4.72. The van der Waals surface area contributed by atoms with Crippen molar-refractivity contribution in [2.75, 3.05) is 21.3 Å². The van der Waals surface area contributed by atoms with E-state index in [9.17, 15) is 0 Å². The van der Waals surface area contributed by atoms with Crippen molar-refractivity contribution in [1.29, 1.82) is 0 Å². The van der Waals surface area contributed by atoms with Crippen molar-refractivity contribution in [1.82, 2.24) is 9.97 Å². The number of nitrogens with zero attached hydrogens (tertiary/aromatic N) is 2. The van der Waals surface area contributed by atoms with Crippen LogP contribution in [0.25, 0.3) is 0 Å². The van der Waals surface area contributed by atoms with Gasteiger partial charge in [-0.1, -0.05) is 6.07 Å². The molecule has 1 heterocycles. The molecule has 0 spiro atoms. The average molecular weight is 275 g/mol. The number of benzene rings is 1. The number of methoxy groups -OCH3 is 3. The van der Waals surface area contributed by atoms with Gasteiger partial charge in [0.05, 0.1) is 38.6 Å². The first-order valence-corrected chi connectivity index (χ1v) is 6.03. The van der Waals surface area contributed by atoms with E-state index in [1.165, 1.54) is 6.33 Å². The van der Waals surface area contributed by atoms with Gasteiger partial charge in [-0.25, -0.2) is 9.97 Å². The zero-order valence-electron chi connectivity index (χ0n) is 11.7. The normalized spacial score (nSPS) is 11.8. The zero-order valence-corrected chi connectivity index (χ0v) is 11.7. The van der Waals surface area contributed by atoms with Crippen molar-refractivity contribution in [3.8, 4) is 17.4 Å². The predicted molar refractivity (Wildman–Crippen MR) is 74.2 cm³/mol. The zero-order chi connectivity index (χ0) is 14.5. The molecule has 2 rings (SSSR count). The lowest BCUT2D eigenvalue weighted by molar-refractivity contribution is 0.380. The van der Waals surface area contributed by atoms with Gasteiger partial charge in [0.15, 0.2) is 0 Å². The van der Waals surface area contributed by atoms with Crippen LogP contribution in [0.2, 0.25) is 0 Å². The van der Waals surface area contributed by atoms with Crippen LogP contribution in [-0.2, 0) is 0 Å². The summed E-state index contributed by atoms with van der Waals surface area (Å²) in [5, 5.41) is 0. The number of nitrogens with two attached hydrogens (primary N) is 1. The fraction of sp³-hybridized carbons (Fsp3) is 0.286. The lowest BCUT2D eigenvalue weighted by atomic mass is 10.0. The molecule has 2 aromatic rings. The van der Waals surface area contributed by atoms with Crippen LogP contribution in [0.4, 0.5) is 0 Å². The maximum Gasteiger partial charge on any atom is 0.216 e. The van der Waals surface area contributed by atoms with Crippen molar-refractivity contribution < 1.29 is 14.2 Å². The molecule has 1 atom stereocenters. The molecule has 6 heteroatoms. The Morgan fingerprint density at radius 3 is 2.20 bits per heavy atom. The first-order chi connectivity index (χ1) is 9.71. The molecule has 20 heavy (non-hydrogen) atoms. The molecule has 0 radical (unpaired) electrons. The van der Waals surface area contributed by atoms with Crippen LogP contribution in [-0.4, -0.2) is 31.3 Å². The van der Waals surface area contributed by atoms with Crippen molar-refractivity contribution >= 4 is 0 Å². The Hall–Kier alpha value is -2.34. The van der Waals surface area contributed by atoms with Crippen LogP contribution in [0.5, 0.6) is 17.4 Å². The smallest absolute Gasteiger partial charge is 0.216 e. The second-order valence-electron chi connectivity index (χ2n) is 4.04. The Morgan fingerprint density at radius 1 is 1.00 bits per heavy atom. The van der Waals surface area contributed by atoms with E-state index >= 15 is 0 Å². The van der Waals surface area contributed by atoms with E-state index in [0.717, 1.165) is 5.56 Å². The fourth-order valence-electron chi connectivity index (χ4n) is 1.97. The minimum absolute atomic E-state index is 0.458. The van der Waals surface area contributed by atoms with Crippen LogP contribution in [0.15, 0.2) is 30.6 Å². The largest absolute Gasteiger partial charge is 0.496 e. The van der Waals surface area contributed by atoms with Crippen LogP contribution in [0.3, 0.4) is 0 Å². The summed E-state index contributed by atoms with van der Waals surface area (Å²) in [6, 6.07) is 6.69. The molecule has 0 aliphatic heterocycles. The summed E-state index contributed by atoms with van der Waals surface area (Å²) in [6.07, 6.45) is 1.41. The molecule has 1 aromatic carbocycles. The van der Waals surface area contributed by atoms with Gasteiger partial charge in [-0.2, -0.15) is 0 Å². The molecule has 0 fully saturated rings. The third-order valence-corrected chi connectivity index (χ3v) is 2.97. The van der Waals surface area contributed by atoms with E-state index in [0.29, 0.717) is 23.1 Å². The number of hydrogen-bond donors (Lipinski definition) is 1. The second-order valence-corrected chi connectivity index (χ2v) is 4.04. The molecular formula is C14H17N3O3. The Bertz CT molecular complexity index is 567. The molecule has 0 bridgehead atoms. The number of hydrogen-bond acceptors (Lipinski definition) is 6. The Kier molecular flexibility index (Phi) is 4.37. The Balaban J connectivity index is 2.49. The molecule has 0 aliphatic rings.